The highest BCUT2D eigenvalue weighted by atomic mass is 35.5. The average Bonchev–Trinajstić information content (AvgIpc) is 2.38. The summed E-state index contributed by atoms with van der Waals surface area (Å²) in [6, 6.07) is 7.57. The van der Waals surface area contributed by atoms with Crippen LogP contribution in [0.15, 0.2) is 29.2 Å². The van der Waals surface area contributed by atoms with Crippen LogP contribution in [0.3, 0.4) is 0 Å². The minimum atomic E-state index is -0.454. The summed E-state index contributed by atoms with van der Waals surface area (Å²) in [6.45, 7) is 2.20. The predicted molar refractivity (Wildman–Crippen MR) is 76.1 cm³/mol. The Kier molecular flexibility index (Phi) is 7.16. The van der Waals surface area contributed by atoms with Crippen molar-refractivity contribution < 1.29 is 9.90 Å². The van der Waals surface area contributed by atoms with E-state index >= 15 is 0 Å². The molecular weight excluding hydrogens is 270 g/mol. The summed E-state index contributed by atoms with van der Waals surface area (Å²) in [6.07, 6.45) is 0.617. The van der Waals surface area contributed by atoms with Crippen molar-refractivity contribution in [2.75, 3.05) is 12.3 Å². The second-order valence-electron chi connectivity index (χ2n) is 3.90. The van der Waals surface area contributed by atoms with Crippen molar-refractivity contribution in [2.24, 2.45) is 0 Å². The van der Waals surface area contributed by atoms with Crippen molar-refractivity contribution in [3.8, 4) is 0 Å². The van der Waals surface area contributed by atoms with Crippen molar-refractivity contribution >= 4 is 29.3 Å². The number of carbonyl (C=O) groups is 1. The molecule has 18 heavy (non-hydrogen) atoms. The Morgan fingerprint density at radius 1 is 1.50 bits per heavy atom. The Morgan fingerprint density at radius 2 is 2.22 bits per heavy atom. The number of aliphatic hydroxyl groups is 1. The Hall–Kier alpha value is -0.710. The van der Waals surface area contributed by atoms with Crippen molar-refractivity contribution in [3.05, 3.63) is 29.3 Å². The fourth-order valence-electron chi connectivity index (χ4n) is 1.28. The van der Waals surface area contributed by atoms with Gasteiger partial charge < -0.3 is 10.4 Å². The number of amides is 1. The zero-order valence-electron chi connectivity index (χ0n) is 10.4. The van der Waals surface area contributed by atoms with Gasteiger partial charge in [-0.1, -0.05) is 30.7 Å². The fraction of sp³-hybridized carbons (Fsp3) is 0.462. The summed E-state index contributed by atoms with van der Waals surface area (Å²) in [5.41, 5.74) is 0. The summed E-state index contributed by atoms with van der Waals surface area (Å²) in [7, 11) is 0. The molecule has 0 radical (unpaired) electrons. The number of rotatable bonds is 7. The molecule has 0 saturated carbocycles. The van der Waals surface area contributed by atoms with Gasteiger partial charge in [0.2, 0.25) is 5.91 Å². The summed E-state index contributed by atoms with van der Waals surface area (Å²) in [5, 5.41) is 12.7. The fourth-order valence-corrected chi connectivity index (χ4v) is 2.47. The highest BCUT2D eigenvalue weighted by molar-refractivity contribution is 7.99. The van der Waals surface area contributed by atoms with Crippen molar-refractivity contribution in [1.29, 1.82) is 0 Å². The molecule has 5 heteroatoms. The Morgan fingerprint density at radius 3 is 2.89 bits per heavy atom. The van der Waals surface area contributed by atoms with E-state index < -0.39 is 6.10 Å². The summed E-state index contributed by atoms with van der Waals surface area (Å²) in [4.78, 5) is 12.5. The highest BCUT2D eigenvalue weighted by Gasteiger charge is 2.06. The van der Waals surface area contributed by atoms with Crippen LogP contribution in [0, 0.1) is 0 Å². The van der Waals surface area contributed by atoms with E-state index in [0.717, 1.165) is 4.90 Å². The summed E-state index contributed by atoms with van der Waals surface area (Å²) < 4.78 is 0. The summed E-state index contributed by atoms with van der Waals surface area (Å²) >= 11 is 7.57. The van der Waals surface area contributed by atoms with Crippen LogP contribution >= 0.6 is 23.4 Å². The molecule has 1 rings (SSSR count). The lowest BCUT2D eigenvalue weighted by Crippen LogP contribution is -2.31. The SMILES string of the molecule is CCC(O)CNC(=O)CCSc1ccccc1Cl. The third kappa shape index (κ3) is 5.76. The molecule has 0 saturated heterocycles. The van der Waals surface area contributed by atoms with Crippen LogP contribution in [0.1, 0.15) is 19.8 Å². The van der Waals surface area contributed by atoms with E-state index in [9.17, 15) is 9.90 Å². The van der Waals surface area contributed by atoms with Gasteiger partial charge in [0.25, 0.3) is 0 Å². The first kappa shape index (κ1) is 15.3. The lowest BCUT2D eigenvalue weighted by atomic mass is 10.3. The molecule has 1 aromatic rings. The van der Waals surface area contributed by atoms with Gasteiger partial charge in [0.1, 0.15) is 0 Å². The van der Waals surface area contributed by atoms with E-state index in [-0.39, 0.29) is 5.91 Å². The van der Waals surface area contributed by atoms with E-state index in [0.29, 0.717) is 30.2 Å². The lowest BCUT2D eigenvalue weighted by molar-refractivity contribution is -0.121. The third-order valence-corrected chi connectivity index (χ3v) is 3.95. The third-order valence-electron chi connectivity index (χ3n) is 2.43. The van der Waals surface area contributed by atoms with Crippen LogP contribution < -0.4 is 5.32 Å². The smallest absolute Gasteiger partial charge is 0.220 e. The number of thioether (sulfide) groups is 1. The lowest BCUT2D eigenvalue weighted by Gasteiger charge is -2.09. The van der Waals surface area contributed by atoms with E-state index in [1.165, 1.54) is 0 Å². The molecule has 0 fully saturated rings. The second kappa shape index (κ2) is 8.40. The van der Waals surface area contributed by atoms with E-state index in [1.54, 1.807) is 11.8 Å². The molecular formula is C13H18ClNO2S. The van der Waals surface area contributed by atoms with Crippen LogP contribution in [-0.4, -0.2) is 29.4 Å². The molecule has 3 nitrogen and oxygen atoms in total. The van der Waals surface area contributed by atoms with E-state index in [4.69, 9.17) is 11.6 Å². The molecule has 0 spiro atoms. The maximum absolute atomic E-state index is 11.5. The number of hydrogen-bond donors (Lipinski definition) is 2. The van der Waals surface area contributed by atoms with Crippen molar-refractivity contribution in [2.45, 2.75) is 30.8 Å². The molecule has 1 amide bonds. The van der Waals surface area contributed by atoms with Gasteiger partial charge in [-0.05, 0) is 18.6 Å². The number of halogens is 1. The normalized spacial score (nSPS) is 12.2. The van der Waals surface area contributed by atoms with Crippen LogP contribution in [0.4, 0.5) is 0 Å². The molecule has 0 aliphatic heterocycles. The minimum absolute atomic E-state index is 0.0398. The van der Waals surface area contributed by atoms with E-state index in [1.807, 2.05) is 31.2 Å². The van der Waals surface area contributed by atoms with Gasteiger partial charge in [0.05, 0.1) is 11.1 Å². The Bertz CT molecular complexity index is 387. The molecule has 0 heterocycles. The molecule has 1 aromatic carbocycles. The van der Waals surface area contributed by atoms with Crippen LogP contribution in [0.25, 0.3) is 0 Å². The van der Waals surface area contributed by atoms with Gasteiger partial charge in [0.15, 0.2) is 0 Å². The zero-order chi connectivity index (χ0) is 13.4. The predicted octanol–water partition coefficient (Wildman–Crippen LogP) is 2.71. The summed E-state index contributed by atoms with van der Waals surface area (Å²) in [5.74, 6) is 0.639. The van der Waals surface area contributed by atoms with Gasteiger partial charge in [-0.3, -0.25) is 4.79 Å². The number of hydrogen-bond acceptors (Lipinski definition) is 3. The van der Waals surface area contributed by atoms with E-state index in [2.05, 4.69) is 5.32 Å². The number of aliphatic hydroxyl groups excluding tert-OH is 1. The van der Waals surface area contributed by atoms with Crippen molar-refractivity contribution in [1.82, 2.24) is 5.32 Å². The first-order valence-corrected chi connectivity index (χ1v) is 7.32. The Labute approximate surface area is 117 Å². The minimum Gasteiger partial charge on any atom is -0.391 e. The Balaban J connectivity index is 2.22. The molecule has 0 aliphatic rings. The van der Waals surface area contributed by atoms with Gasteiger partial charge in [-0.15, -0.1) is 11.8 Å². The largest absolute Gasteiger partial charge is 0.391 e. The average molecular weight is 288 g/mol. The molecule has 1 atom stereocenters. The van der Waals surface area contributed by atoms with Crippen LogP contribution in [-0.2, 0) is 4.79 Å². The van der Waals surface area contributed by atoms with Gasteiger partial charge in [0, 0.05) is 23.6 Å². The number of nitrogens with one attached hydrogen (secondary N) is 1. The molecule has 100 valence electrons. The maximum Gasteiger partial charge on any atom is 0.220 e. The van der Waals surface area contributed by atoms with Gasteiger partial charge in [-0.25, -0.2) is 0 Å². The van der Waals surface area contributed by atoms with Crippen LogP contribution in [0.5, 0.6) is 0 Å². The second-order valence-corrected chi connectivity index (χ2v) is 5.44. The number of benzene rings is 1. The van der Waals surface area contributed by atoms with Gasteiger partial charge in [-0.2, -0.15) is 0 Å². The zero-order valence-corrected chi connectivity index (χ0v) is 11.9. The molecule has 0 bridgehead atoms. The first-order chi connectivity index (χ1) is 8.63. The highest BCUT2D eigenvalue weighted by Crippen LogP contribution is 2.26. The molecule has 0 aliphatic carbocycles. The number of carbonyl (C=O) groups excluding carboxylic acids is 1. The standard InChI is InChI=1S/C13H18ClNO2S/c1-2-10(16)9-15-13(17)7-8-18-12-6-4-3-5-11(12)14/h3-6,10,16H,2,7-9H2,1H3,(H,15,17). The van der Waals surface area contributed by atoms with Crippen LogP contribution in [0.2, 0.25) is 5.02 Å². The first-order valence-electron chi connectivity index (χ1n) is 5.95. The molecule has 0 aromatic heterocycles. The van der Waals surface area contributed by atoms with Crippen molar-refractivity contribution in [3.63, 3.8) is 0 Å². The molecule has 2 N–H and O–H groups in total. The maximum atomic E-state index is 11.5. The quantitative estimate of drug-likeness (QED) is 0.758. The molecule has 1 unspecified atom stereocenters. The topological polar surface area (TPSA) is 49.3 Å². The van der Waals surface area contributed by atoms with Gasteiger partial charge >= 0.3 is 0 Å². The monoisotopic (exact) mass is 287 g/mol.